The van der Waals surface area contributed by atoms with E-state index in [9.17, 15) is 0 Å². The fourth-order valence-corrected chi connectivity index (χ4v) is 3.33. The minimum Gasteiger partial charge on any atom is -0.381 e. The molecule has 1 aromatic rings. The molecular formula is C14H20Cl2N2. The summed E-state index contributed by atoms with van der Waals surface area (Å²) in [5.74, 6) is 0. The van der Waals surface area contributed by atoms with E-state index in [4.69, 9.17) is 23.2 Å². The molecule has 4 unspecified atom stereocenters. The first-order valence-corrected chi connectivity index (χ1v) is 7.36. The quantitative estimate of drug-likeness (QED) is 0.657. The number of halogens is 2. The Morgan fingerprint density at radius 2 is 1.83 bits per heavy atom. The number of rotatable bonds is 3. The number of hydrogen-bond acceptors (Lipinski definition) is 2. The lowest BCUT2D eigenvalue weighted by atomic mass is 10.0. The van der Waals surface area contributed by atoms with Crippen molar-refractivity contribution in [3.05, 3.63) is 30.3 Å². The van der Waals surface area contributed by atoms with Crippen LogP contribution in [0, 0.1) is 0 Å². The van der Waals surface area contributed by atoms with Crippen LogP contribution in [-0.4, -0.2) is 29.9 Å². The summed E-state index contributed by atoms with van der Waals surface area (Å²) in [4.78, 5) is 0. The van der Waals surface area contributed by atoms with Gasteiger partial charge in [0.1, 0.15) is 0 Å². The first-order valence-electron chi connectivity index (χ1n) is 6.49. The first-order chi connectivity index (χ1) is 8.72. The second-order valence-electron chi connectivity index (χ2n) is 4.82. The number of likely N-dealkylation sites (N-methyl/N-ethyl adjacent to an activating group) is 1. The first kappa shape index (κ1) is 14.0. The van der Waals surface area contributed by atoms with E-state index in [1.165, 1.54) is 0 Å². The Labute approximate surface area is 119 Å². The maximum atomic E-state index is 6.46. The van der Waals surface area contributed by atoms with E-state index in [2.05, 4.69) is 22.8 Å². The van der Waals surface area contributed by atoms with Gasteiger partial charge in [-0.1, -0.05) is 18.2 Å². The molecule has 4 atom stereocenters. The van der Waals surface area contributed by atoms with Crippen LogP contribution in [0.3, 0.4) is 0 Å². The molecule has 2 rings (SSSR count). The van der Waals surface area contributed by atoms with E-state index >= 15 is 0 Å². The van der Waals surface area contributed by atoms with Crippen LogP contribution >= 0.6 is 23.2 Å². The van der Waals surface area contributed by atoms with Crippen LogP contribution in [0.4, 0.5) is 5.69 Å². The van der Waals surface area contributed by atoms with Crippen LogP contribution in [0.15, 0.2) is 30.3 Å². The van der Waals surface area contributed by atoms with E-state index in [1.807, 2.05) is 25.2 Å². The lowest BCUT2D eigenvalue weighted by Gasteiger charge is -2.30. The number of anilines is 1. The number of hydrogen-bond donors (Lipinski definition) is 2. The highest BCUT2D eigenvalue weighted by atomic mass is 35.5. The van der Waals surface area contributed by atoms with Crippen LogP contribution < -0.4 is 10.6 Å². The predicted octanol–water partition coefficient (Wildman–Crippen LogP) is 3.45. The van der Waals surface area contributed by atoms with Crippen molar-refractivity contribution in [2.24, 2.45) is 0 Å². The second kappa shape index (κ2) is 6.65. The fourth-order valence-electron chi connectivity index (χ4n) is 2.59. The highest BCUT2D eigenvalue weighted by Crippen LogP contribution is 2.28. The summed E-state index contributed by atoms with van der Waals surface area (Å²) in [7, 11) is 1.95. The van der Waals surface area contributed by atoms with Crippen molar-refractivity contribution in [1.82, 2.24) is 5.32 Å². The molecule has 0 bridgehead atoms. The van der Waals surface area contributed by atoms with Crippen molar-refractivity contribution in [2.45, 2.75) is 42.1 Å². The van der Waals surface area contributed by atoms with Gasteiger partial charge < -0.3 is 10.6 Å². The molecule has 100 valence electrons. The fraction of sp³-hybridized carbons (Fsp3) is 0.571. The zero-order chi connectivity index (χ0) is 13.0. The average molecular weight is 287 g/mol. The van der Waals surface area contributed by atoms with Crippen LogP contribution in [0.5, 0.6) is 0 Å². The average Bonchev–Trinajstić information content (AvgIpc) is 2.51. The molecule has 0 heterocycles. The van der Waals surface area contributed by atoms with Crippen molar-refractivity contribution < 1.29 is 0 Å². The molecule has 2 N–H and O–H groups in total. The Bertz CT molecular complexity index is 358. The van der Waals surface area contributed by atoms with Gasteiger partial charge in [-0.3, -0.25) is 0 Å². The molecule has 0 radical (unpaired) electrons. The van der Waals surface area contributed by atoms with Gasteiger partial charge in [-0.15, -0.1) is 23.2 Å². The minimum absolute atomic E-state index is 0.0413. The highest BCUT2D eigenvalue weighted by molar-refractivity contribution is 6.30. The van der Waals surface area contributed by atoms with Gasteiger partial charge in [0.25, 0.3) is 0 Å². The van der Waals surface area contributed by atoms with Gasteiger partial charge in [0.15, 0.2) is 0 Å². The standard InChI is InChI=1S/C14H20Cl2N2/c1-17-14-12(9-5-8-11(15)13(14)16)18-10-6-3-2-4-7-10/h2-4,6-7,11-14,17-18H,5,8-9H2,1H3. The van der Waals surface area contributed by atoms with Crippen LogP contribution in [0.1, 0.15) is 19.3 Å². The molecule has 1 fully saturated rings. The third-order valence-corrected chi connectivity index (χ3v) is 4.77. The van der Waals surface area contributed by atoms with Gasteiger partial charge in [-0.25, -0.2) is 0 Å². The molecule has 0 amide bonds. The summed E-state index contributed by atoms with van der Waals surface area (Å²) < 4.78 is 0. The smallest absolute Gasteiger partial charge is 0.0672 e. The summed E-state index contributed by atoms with van der Waals surface area (Å²) in [6.45, 7) is 0. The van der Waals surface area contributed by atoms with E-state index in [0.717, 1.165) is 24.9 Å². The molecule has 0 aliphatic heterocycles. The van der Waals surface area contributed by atoms with Gasteiger partial charge in [-0.05, 0) is 38.4 Å². The lowest BCUT2D eigenvalue weighted by molar-refractivity contribution is 0.465. The van der Waals surface area contributed by atoms with Crippen LogP contribution in [0.25, 0.3) is 0 Å². The monoisotopic (exact) mass is 286 g/mol. The Morgan fingerprint density at radius 3 is 2.50 bits per heavy atom. The van der Waals surface area contributed by atoms with Gasteiger partial charge in [0.2, 0.25) is 0 Å². The van der Waals surface area contributed by atoms with E-state index < -0.39 is 0 Å². The molecule has 1 aliphatic carbocycles. The molecule has 2 nitrogen and oxygen atoms in total. The third kappa shape index (κ3) is 3.31. The molecule has 0 saturated heterocycles. The summed E-state index contributed by atoms with van der Waals surface area (Å²) in [6, 6.07) is 10.8. The maximum Gasteiger partial charge on any atom is 0.0672 e. The largest absolute Gasteiger partial charge is 0.381 e. The Morgan fingerprint density at radius 1 is 1.11 bits per heavy atom. The summed E-state index contributed by atoms with van der Waals surface area (Å²) >= 11 is 12.8. The lowest BCUT2D eigenvalue weighted by Crippen LogP contribution is -2.49. The number of para-hydroxylation sites is 1. The molecular weight excluding hydrogens is 267 g/mol. The summed E-state index contributed by atoms with van der Waals surface area (Å²) in [6.07, 6.45) is 3.19. The Hall–Kier alpha value is -0.440. The van der Waals surface area contributed by atoms with Gasteiger partial charge in [-0.2, -0.15) is 0 Å². The molecule has 0 spiro atoms. The summed E-state index contributed by atoms with van der Waals surface area (Å²) in [5, 5.41) is 6.89. The zero-order valence-electron chi connectivity index (χ0n) is 10.6. The van der Waals surface area contributed by atoms with E-state index in [0.29, 0.717) is 6.04 Å². The summed E-state index contributed by atoms with van der Waals surface area (Å²) in [5.41, 5.74) is 1.14. The van der Waals surface area contributed by atoms with E-state index in [1.54, 1.807) is 0 Å². The number of benzene rings is 1. The van der Waals surface area contributed by atoms with E-state index in [-0.39, 0.29) is 16.8 Å². The highest BCUT2D eigenvalue weighted by Gasteiger charge is 2.34. The molecule has 0 aromatic heterocycles. The van der Waals surface area contributed by atoms with Gasteiger partial charge >= 0.3 is 0 Å². The molecule has 4 heteroatoms. The van der Waals surface area contributed by atoms with Crippen molar-refractivity contribution in [3.8, 4) is 0 Å². The zero-order valence-corrected chi connectivity index (χ0v) is 12.1. The van der Waals surface area contributed by atoms with Gasteiger partial charge in [0.05, 0.1) is 10.8 Å². The van der Waals surface area contributed by atoms with Crippen molar-refractivity contribution in [3.63, 3.8) is 0 Å². The number of nitrogens with one attached hydrogen (secondary N) is 2. The van der Waals surface area contributed by atoms with Crippen molar-refractivity contribution >= 4 is 28.9 Å². The molecule has 1 aromatic carbocycles. The third-order valence-electron chi connectivity index (χ3n) is 3.58. The van der Waals surface area contributed by atoms with Gasteiger partial charge in [0, 0.05) is 17.8 Å². The molecule has 18 heavy (non-hydrogen) atoms. The minimum atomic E-state index is -0.0413. The van der Waals surface area contributed by atoms with Crippen molar-refractivity contribution in [2.75, 3.05) is 12.4 Å². The number of alkyl halides is 2. The second-order valence-corrected chi connectivity index (χ2v) is 5.89. The SMILES string of the molecule is CNC1C(Nc2ccccc2)CCCC(Cl)C1Cl. The van der Waals surface area contributed by atoms with Crippen LogP contribution in [-0.2, 0) is 0 Å². The normalized spacial score (nSPS) is 32.8. The molecule has 1 saturated carbocycles. The van der Waals surface area contributed by atoms with Crippen molar-refractivity contribution in [1.29, 1.82) is 0 Å². The van der Waals surface area contributed by atoms with Crippen LogP contribution in [0.2, 0.25) is 0 Å². The Balaban J connectivity index is 2.09. The molecule has 1 aliphatic rings. The topological polar surface area (TPSA) is 24.1 Å². The predicted molar refractivity (Wildman–Crippen MR) is 79.8 cm³/mol. The Kier molecular flexibility index (Phi) is 5.16. The maximum absolute atomic E-state index is 6.46.